The van der Waals surface area contributed by atoms with Crippen molar-refractivity contribution in [1.82, 2.24) is 5.32 Å². The molecule has 0 aliphatic heterocycles. The molecule has 0 saturated heterocycles. The number of benzene rings is 2. The van der Waals surface area contributed by atoms with Gasteiger partial charge >= 0.3 is 0 Å². The molecule has 4 rings (SSSR count). The van der Waals surface area contributed by atoms with Gasteiger partial charge in [-0.25, -0.2) is 0 Å². The van der Waals surface area contributed by atoms with Gasteiger partial charge in [-0.3, -0.25) is 4.79 Å². The zero-order valence-corrected chi connectivity index (χ0v) is 17.1. The molecule has 28 heavy (non-hydrogen) atoms. The fourth-order valence-electron chi connectivity index (χ4n) is 4.05. The van der Waals surface area contributed by atoms with Gasteiger partial charge in [0.2, 0.25) is 0 Å². The molecular formula is C25H27NOS. The minimum atomic E-state index is 0.0493. The normalized spacial score (nSPS) is 19.2. The number of amides is 1. The molecule has 3 heteroatoms. The number of thiophene rings is 1. The van der Waals surface area contributed by atoms with Crippen LogP contribution in [0.3, 0.4) is 0 Å². The Balaban J connectivity index is 1.54. The lowest BCUT2D eigenvalue weighted by Gasteiger charge is -2.20. The Morgan fingerprint density at radius 2 is 1.79 bits per heavy atom. The van der Waals surface area contributed by atoms with Gasteiger partial charge in [-0.1, -0.05) is 86.8 Å². The molecule has 1 fully saturated rings. The molecule has 0 radical (unpaired) electrons. The maximum absolute atomic E-state index is 12.7. The molecule has 1 unspecified atom stereocenters. The highest BCUT2D eigenvalue weighted by Gasteiger charge is 2.43. The Morgan fingerprint density at radius 3 is 2.46 bits per heavy atom. The summed E-state index contributed by atoms with van der Waals surface area (Å²) in [7, 11) is 0. The first kappa shape index (κ1) is 18.9. The summed E-state index contributed by atoms with van der Waals surface area (Å²) in [6.07, 6.45) is 5.01. The lowest BCUT2D eigenvalue weighted by atomic mass is 9.96. The highest BCUT2D eigenvalue weighted by atomic mass is 32.1. The van der Waals surface area contributed by atoms with Crippen molar-refractivity contribution in [2.45, 2.75) is 38.6 Å². The molecule has 2 nitrogen and oxygen atoms in total. The van der Waals surface area contributed by atoms with Gasteiger partial charge in [0.25, 0.3) is 5.91 Å². The summed E-state index contributed by atoms with van der Waals surface area (Å²) >= 11 is 1.50. The van der Waals surface area contributed by atoms with Crippen LogP contribution in [0.4, 0.5) is 0 Å². The van der Waals surface area contributed by atoms with E-state index in [1.54, 1.807) is 0 Å². The van der Waals surface area contributed by atoms with Crippen LogP contribution < -0.4 is 5.32 Å². The molecule has 1 heterocycles. The monoisotopic (exact) mass is 389 g/mol. The standard InChI is InChI=1S/C25H27NOS/c1-2-3-8-21-17-22(21)24(26-25(27)23-11-7-16-28-23)20-14-12-19(13-15-20)18-9-5-4-6-10-18/h4-7,9-16,21-22,24H,2-3,8,17H2,1H3,(H,26,27)/t21-,22-,24?/m1/s1. The van der Waals surface area contributed by atoms with Crippen molar-refractivity contribution in [3.05, 3.63) is 82.6 Å². The molecule has 1 aliphatic rings. The van der Waals surface area contributed by atoms with Crippen LogP contribution >= 0.6 is 11.3 Å². The minimum absolute atomic E-state index is 0.0493. The van der Waals surface area contributed by atoms with Crippen LogP contribution in [0, 0.1) is 11.8 Å². The molecule has 3 atom stereocenters. The third-order valence-electron chi connectivity index (χ3n) is 5.74. The van der Waals surface area contributed by atoms with Gasteiger partial charge < -0.3 is 5.32 Å². The lowest BCUT2D eigenvalue weighted by molar-refractivity contribution is 0.0934. The maximum atomic E-state index is 12.7. The predicted molar refractivity (Wildman–Crippen MR) is 118 cm³/mol. The Morgan fingerprint density at radius 1 is 1.04 bits per heavy atom. The Labute approximate surface area is 171 Å². The third kappa shape index (κ3) is 4.36. The number of carbonyl (C=O) groups is 1. The van der Waals surface area contributed by atoms with E-state index in [4.69, 9.17) is 0 Å². The average Bonchev–Trinajstić information content (AvgIpc) is 3.28. The Bertz CT molecular complexity index is 886. The van der Waals surface area contributed by atoms with E-state index in [1.165, 1.54) is 53.7 Å². The number of hydrogen-bond donors (Lipinski definition) is 1. The number of carbonyl (C=O) groups excluding carboxylic acids is 1. The zero-order chi connectivity index (χ0) is 19.3. The van der Waals surface area contributed by atoms with Crippen molar-refractivity contribution in [2.75, 3.05) is 0 Å². The van der Waals surface area contributed by atoms with Gasteiger partial charge in [0.05, 0.1) is 10.9 Å². The van der Waals surface area contributed by atoms with Crippen LogP contribution in [-0.4, -0.2) is 5.91 Å². The lowest BCUT2D eigenvalue weighted by Crippen LogP contribution is -2.29. The van der Waals surface area contributed by atoms with Crippen LogP contribution in [0.5, 0.6) is 0 Å². The molecule has 1 saturated carbocycles. The number of nitrogens with one attached hydrogen (secondary N) is 1. The topological polar surface area (TPSA) is 29.1 Å². The molecule has 1 amide bonds. The van der Waals surface area contributed by atoms with Crippen LogP contribution in [0.1, 0.15) is 53.9 Å². The van der Waals surface area contributed by atoms with Crippen LogP contribution in [-0.2, 0) is 0 Å². The second-order valence-electron chi connectivity index (χ2n) is 7.72. The first-order valence-corrected chi connectivity index (χ1v) is 11.1. The van der Waals surface area contributed by atoms with Gasteiger partial charge in [-0.05, 0) is 46.4 Å². The quantitative estimate of drug-likeness (QED) is 0.455. The summed E-state index contributed by atoms with van der Waals surface area (Å²) in [6, 6.07) is 23.1. The third-order valence-corrected chi connectivity index (χ3v) is 6.61. The minimum Gasteiger partial charge on any atom is -0.344 e. The summed E-state index contributed by atoms with van der Waals surface area (Å²) in [4.78, 5) is 13.5. The number of unbranched alkanes of at least 4 members (excludes halogenated alkanes) is 1. The van der Waals surface area contributed by atoms with Gasteiger partial charge in [-0.15, -0.1) is 11.3 Å². The molecule has 0 spiro atoms. The van der Waals surface area contributed by atoms with Gasteiger partial charge in [0, 0.05) is 0 Å². The van der Waals surface area contributed by atoms with E-state index in [2.05, 4.69) is 60.8 Å². The van der Waals surface area contributed by atoms with E-state index >= 15 is 0 Å². The highest BCUT2D eigenvalue weighted by Crippen LogP contribution is 2.50. The van der Waals surface area contributed by atoms with Crippen LogP contribution in [0.25, 0.3) is 11.1 Å². The molecule has 0 bridgehead atoms. The smallest absolute Gasteiger partial charge is 0.261 e. The number of rotatable bonds is 8. The van der Waals surface area contributed by atoms with Gasteiger partial charge in [-0.2, -0.15) is 0 Å². The first-order valence-electron chi connectivity index (χ1n) is 10.3. The SMILES string of the molecule is CCCC[C@@H]1C[C@H]1C(NC(=O)c1cccs1)c1ccc(-c2ccccc2)cc1. The first-order chi connectivity index (χ1) is 13.8. The predicted octanol–water partition coefficient (Wildman–Crippen LogP) is 6.71. The van der Waals surface area contributed by atoms with E-state index < -0.39 is 0 Å². The molecule has 1 aromatic heterocycles. The molecule has 1 N–H and O–H groups in total. The molecular weight excluding hydrogens is 362 g/mol. The Kier molecular flexibility index (Phi) is 5.92. The second-order valence-corrected chi connectivity index (χ2v) is 8.67. The summed E-state index contributed by atoms with van der Waals surface area (Å²) in [5, 5.41) is 5.29. The summed E-state index contributed by atoms with van der Waals surface area (Å²) in [5.74, 6) is 1.34. The molecule has 144 valence electrons. The zero-order valence-electron chi connectivity index (χ0n) is 16.3. The van der Waals surface area contributed by atoms with E-state index in [0.717, 1.165) is 10.8 Å². The van der Waals surface area contributed by atoms with E-state index in [1.807, 2.05) is 23.6 Å². The van der Waals surface area contributed by atoms with Crippen molar-refractivity contribution in [3.63, 3.8) is 0 Å². The highest BCUT2D eigenvalue weighted by molar-refractivity contribution is 7.12. The van der Waals surface area contributed by atoms with Crippen molar-refractivity contribution < 1.29 is 4.79 Å². The van der Waals surface area contributed by atoms with Crippen molar-refractivity contribution >= 4 is 17.2 Å². The van der Waals surface area contributed by atoms with Crippen LogP contribution in [0.2, 0.25) is 0 Å². The fraction of sp³-hybridized carbons (Fsp3) is 0.320. The largest absolute Gasteiger partial charge is 0.344 e. The maximum Gasteiger partial charge on any atom is 0.261 e. The summed E-state index contributed by atoms with van der Waals surface area (Å²) < 4.78 is 0. The van der Waals surface area contributed by atoms with E-state index in [9.17, 15) is 4.79 Å². The number of hydrogen-bond acceptors (Lipinski definition) is 2. The molecule has 3 aromatic rings. The fourth-order valence-corrected chi connectivity index (χ4v) is 4.68. The van der Waals surface area contributed by atoms with Gasteiger partial charge in [0.15, 0.2) is 0 Å². The van der Waals surface area contributed by atoms with Gasteiger partial charge in [0.1, 0.15) is 0 Å². The summed E-state index contributed by atoms with van der Waals surface area (Å²) in [5.41, 5.74) is 3.65. The summed E-state index contributed by atoms with van der Waals surface area (Å²) in [6.45, 7) is 2.25. The molecule has 1 aliphatic carbocycles. The van der Waals surface area contributed by atoms with Crippen molar-refractivity contribution in [2.24, 2.45) is 11.8 Å². The van der Waals surface area contributed by atoms with Crippen molar-refractivity contribution in [1.29, 1.82) is 0 Å². The van der Waals surface area contributed by atoms with Crippen molar-refractivity contribution in [3.8, 4) is 11.1 Å². The van der Waals surface area contributed by atoms with E-state index in [-0.39, 0.29) is 11.9 Å². The van der Waals surface area contributed by atoms with E-state index in [0.29, 0.717) is 5.92 Å². The average molecular weight is 390 g/mol. The Hall–Kier alpha value is -2.39. The second kappa shape index (κ2) is 8.74. The molecule has 2 aromatic carbocycles. The van der Waals surface area contributed by atoms with Crippen LogP contribution in [0.15, 0.2) is 72.1 Å².